The molecule has 2 aromatic rings. The number of carbonyl (C=O) groups excluding carboxylic acids is 1. The minimum atomic E-state index is -0.519. The van der Waals surface area contributed by atoms with Crippen LogP contribution in [0, 0.1) is 0 Å². The van der Waals surface area contributed by atoms with Crippen LogP contribution in [0.25, 0.3) is 11.1 Å². The number of fused-ring (bicyclic) bond motifs is 1. The van der Waals surface area contributed by atoms with Crippen molar-refractivity contribution in [1.82, 2.24) is 9.47 Å². The lowest BCUT2D eigenvalue weighted by atomic mass is 10.2. The predicted octanol–water partition coefficient (Wildman–Crippen LogP) is 1.78. The Morgan fingerprint density at radius 3 is 2.68 bits per heavy atom. The quantitative estimate of drug-likeness (QED) is 0.827. The Kier molecular flexibility index (Phi) is 2.89. The largest absolute Gasteiger partial charge is 0.420 e. The number of oxazole rings is 1. The number of aromatic nitrogens is 1. The number of hydrogen-bond donors (Lipinski definition) is 0. The summed E-state index contributed by atoms with van der Waals surface area (Å²) in [5.41, 5.74) is 1.20. The number of benzene rings is 1. The SMILES string of the molecule is C[C@H](C(=O)N1CCCC1)n1c(=O)oc2ccccc21. The summed E-state index contributed by atoms with van der Waals surface area (Å²) in [7, 11) is 0. The van der Waals surface area contributed by atoms with Crippen LogP contribution in [0.2, 0.25) is 0 Å². The van der Waals surface area contributed by atoms with Crippen LogP contribution in [0.1, 0.15) is 25.8 Å². The van der Waals surface area contributed by atoms with Gasteiger partial charge in [-0.05, 0) is 31.9 Å². The maximum atomic E-state index is 12.4. The van der Waals surface area contributed by atoms with Crippen molar-refractivity contribution in [2.24, 2.45) is 0 Å². The molecule has 2 heterocycles. The third kappa shape index (κ3) is 1.95. The first-order valence-electron chi connectivity index (χ1n) is 6.57. The number of rotatable bonds is 2. The first kappa shape index (κ1) is 12.0. The Labute approximate surface area is 110 Å². The zero-order valence-electron chi connectivity index (χ0n) is 10.8. The van der Waals surface area contributed by atoms with Crippen LogP contribution in [-0.4, -0.2) is 28.5 Å². The van der Waals surface area contributed by atoms with Gasteiger partial charge in [-0.15, -0.1) is 0 Å². The molecule has 5 heteroatoms. The van der Waals surface area contributed by atoms with E-state index in [0.717, 1.165) is 25.9 Å². The highest BCUT2D eigenvalue weighted by Crippen LogP contribution is 2.20. The molecule has 1 fully saturated rings. The van der Waals surface area contributed by atoms with E-state index in [1.165, 1.54) is 4.57 Å². The fraction of sp³-hybridized carbons (Fsp3) is 0.429. The molecule has 1 aromatic carbocycles. The molecule has 19 heavy (non-hydrogen) atoms. The van der Waals surface area contributed by atoms with E-state index in [-0.39, 0.29) is 5.91 Å². The van der Waals surface area contributed by atoms with Crippen molar-refractivity contribution in [1.29, 1.82) is 0 Å². The Bertz CT molecular complexity index is 665. The molecule has 3 rings (SSSR count). The van der Waals surface area contributed by atoms with E-state index in [2.05, 4.69) is 0 Å². The van der Waals surface area contributed by atoms with Gasteiger partial charge in [0.15, 0.2) is 5.58 Å². The van der Waals surface area contributed by atoms with Gasteiger partial charge in [-0.2, -0.15) is 0 Å². The monoisotopic (exact) mass is 260 g/mol. The van der Waals surface area contributed by atoms with Crippen molar-refractivity contribution in [3.63, 3.8) is 0 Å². The van der Waals surface area contributed by atoms with Gasteiger partial charge in [0.05, 0.1) is 5.52 Å². The second kappa shape index (κ2) is 4.57. The molecule has 1 aromatic heterocycles. The number of para-hydroxylation sites is 2. The van der Waals surface area contributed by atoms with Crippen molar-refractivity contribution in [2.75, 3.05) is 13.1 Å². The maximum Gasteiger partial charge on any atom is 0.420 e. The van der Waals surface area contributed by atoms with Gasteiger partial charge < -0.3 is 9.32 Å². The Balaban J connectivity index is 2.01. The summed E-state index contributed by atoms with van der Waals surface area (Å²) in [6.07, 6.45) is 2.08. The molecule has 5 nitrogen and oxygen atoms in total. The molecule has 0 unspecified atom stereocenters. The summed E-state index contributed by atoms with van der Waals surface area (Å²) < 4.78 is 6.61. The van der Waals surface area contributed by atoms with Gasteiger partial charge in [-0.25, -0.2) is 4.79 Å². The predicted molar refractivity (Wildman–Crippen MR) is 71.0 cm³/mol. The molecular weight excluding hydrogens is 244 g/mol. The molecule has 1 aliphatic rings. The number of likely N-dealkylation sites (tertiary alicyclic amines) is 1. The molecule has 1 atom stereocenters. The van der Waals surface area contributed by atoms with Crippen LogP contribution in [-0.2, 0) is 4.79 Å². The van der Waals surface area contributed by atoms with Gasteiger partial charge >= 0.3 is 5.76 Å². The molecule has 100 valence electrons. The van der Waals surface area contributed by atoms with Crippen LogP contribution in [0.5, 0.6) is 0 Å². The van der Waals surface area contributed by atoms with E-state index in [1.807, 2.05) is 17.0 Å². The zero-order valence-corrected chi connectivity index (χ0v) is 10.8. The highest BCUT2D eigenvalue weighted by Gasteiger charge is 2.27. The smallest absolute Gasteiger partial charge is 0.408 e. The lowest BCUT2D eigenvalue weighted by Gasteiger charge is -2.20. The summed E-state index contributed by atoms with van der Waals surface area (Å²) in [6, 6.07) is 6.66. The number of hydrogen-bond acceptors (Lipinski definition) is 3. The second-order valence-electron chi connectivity index (χ2n) is 4.91. The molecule has 1 aliphatic heterocycles. The van der Waals surface area contributed by atoms with Crippen LogP contribution < -0.4 is 5.76 Å². The summed E-state index contributed by atoms with van der Waals surface area (Å²) in [5, 5.41) is 0. The third-order valence-electron chi connectivity index (χ3n) is 3.68. The normalized spacial score (nSPS) is 17.0. The average Bonchev–Trinajstić information content (AvgIpc) is 3.03. The van der Waals surface area contributed by atoms with Gasteiger partial charge in [0, 0.05) is 13.1 Å². The van der Waals surface area contributed by atoms with Crippen LogP contribution in [0.3, 0.4) is 0 Å². The van der Waals surface area contributed by atoms with Crippen LogP contribution in [0.15, 0.2) is 33.5 Å². The average molecular weight is 260 g/mol. The van der Waals surface area contributed by atoms with E-state index in [9.17, 15) is 9.59 Å². The maximum absolute atomic E-state index is 12.4. The highest BCUT2D eigenvalue weighted by molar-refractivity contribution is 5.83. The first-order chi connectivity index (χ1) is 9.18. The summed E-state index contributed by atoms with van der Waals surface area (Å²) >= 11 is 0. The molecule has 0 saturated carbocycles. The summed E-state index contributed by atoms with van der Waals surface area (Å²) in [5.74, 6) is -0.479. The second-order valence-corrected chi connectivity index (χ2v) is 4.91. The minimum absolute atomic E-state index is 0.00819. The fourth-order valence-corrected chi connectivity index (χ4v) is 2.66. The third-order valence-corrected chi connectivity index (χ3v) is 3.68. The fourth-order valence-electron chi connectivity index (χ4n) is 2.66. The van der Waals surface area contributed by atoms with Crippen molar-refractivity contribution in [3.05, 3.63) is 34.8 Å². The van der Waals surface area contributed by atoms with Crippen LogP contribution in [0.4, 0.5) is 0 Å². The number of carbonyl (C=O) groups is 1. The molecule has 0 bridgehead atoms. The topological polar surface area (TPSA) is 55.5 Å². The van der Waals surface area contributed by atoms with E-state index in [0.29, 0.717) is 11.1 Å². The molecular formula is C14H16N2O3. The van der Waals surface area contributed by atoms with Crippen LogP contribution >= 0.6 is 0 Å². The molecule has 0 spiro atoms. The van der Waals surface area contributed by atoms with E-state index < -0.39 is 11.8 Å². The molecule has 0 radical (unpaired) electrons. The van der Waals surface area contributed by atoms with Gasteiger partial charge in [0.25, 0.3) is 0 Å². The van der Waals surface area contributed by atoms with E-state index in [1.54, 1.807) is 19.1 Å². The zero-order chi connectivity index (χ0) is 13.4. The Hall–Kier alpha value is -2.04. The highest BCUT2D eigenvalue weighted by atomic mass is 16.4. The first-order valence-corrected chi connectivity index (χ1v) is 6.57. The summed E-state index contributed by atoms with van der Waals surface area (Å²) in [4.78, 5) is 26.1. The van der Waals surface area contributed by atoms with Crippen molar-refractivity contribution >= 4 is 17.0 Å². The number of amides is 1. The minimum Gasteiger partial charge on any atom is -0.408 e. The molecule has 1 amide bonds. The van der Waals surface area contributed by atoms with Gasteiger partial charge in [0.1, 0.15) is 6.04 Å². The lowest BCUT2D eigenvalue weighted by Crippen LogP contribution is -2.36. The molecule has 0 aliphatic carbocycles. The standard InChI is InChI=1S/C14H16N2O3/c1-10(13(17)15-8-4-5-9-15)16-11-6-2-3-7-12(11)19-14(16)18/h2-3,6-7,10H,4-5,8-9H2,1H3/t10-/m1/s1. The van der Waals surface area contributed by atoms with Crippen molar-refractivity contribution in [2.45, 2.75) is 25.8 Å². The Morgan fingerprint density at radius 1 is 1.26 bits per heavy atom. The Morgan fingerprint density at radius 2 is 1.95 bits per heavy atom. The summed E-state index contributed by atoms with van der Waals surface area (Å²) in [6.45, 7) is 3.32. The molecule has 1 saturated heterocycles. The van der Waals surface area contributed by atoms with Crippen molar-refractivity contribution < 1.29 is 9.21 Å². The van der Waals surface area contributed by atoms with Gasteiger partial charge in [0.2, 0.25) is 5.91 Å². The number of nitrogens with zero attached hydrogens (tertiary/aromatic N) is 2. The lowest BCUT2D eigenvalue weighted by molar-refractivity contribution is -0.133. The molecule has 0 N–H and O–H groups in total. The van der Waals surface area contributed by atoms with Crippen molar-refractivity contribution in [3.8, 4) is 0 Å². The van der Waals surface area contributed by atoms with Gasteiger partial charge in [-0.3, -0.25) is 9.36 Å². The van der Waals surface area contributed by atoms with E-state index in [4.69, 9.17) is 4.42 Å². The van der Waals surface area contributed by atoms with Gasteiger partial charge in [-0.1, -0.05) is 12.1 Å². The van der Waals surface area contributed by atoms with E-state index >= 15 is 0 Å².